The molecule has 0 spiro atoms. The van der Waals surface area contributed by atoms with E-state index < -0.39 is 0 Å². The third kappa shape index (κ3) is 2.59. The molecular weight excluding hydrogens is 184 g/mol. The Kier molecular flexibility index (Phi) is 3.03. The van der Waals surface area contributed by atoms with E-state index in [-0.39, 0.29) is 0 Å². The monoisotopic (exact) mass is 197 g/mol. The molecule has 0 unspecified atom stereocenters. The van der Waals surface area contributed by atoms with Gasteiger partial charge < -0.3 is 4.74 Å². The number of ether oxygens (including phenoxy) is 1. The van der Waals surface area contributed by atoms with Crippen molar-refractivity contribution in [2.45, 2.75) is 6.42 Å². The molecule has 0 fully saturated rings. The first-order valence-corrected chi connectivity index (χ1v) is 4.97. The summed E-state index contributed by atoms with van der Waals surface area (Å²) in [5.41, 5.74) is 2.45. The van der Waals surface area contributed by atoms with Crippen LogP contribution >= 0.6 is 0 Å². The third-order valence-corrected chi connectivity index (χ3v) is 2.31. The average molecular weight is 197 g/mol. The summed E-state index contributed by atoms with van der Waals surface area (Å²) in [5.74, 6) is 0.889. The average Bonchev–Trinajstić information content (AvgIpc) is 2.31. The lowest BCUT2D eigenvalue weighted by Crippen LogP contribution is -1.89. The first-order chi connectivity index (χ1) is 7.38. The Morgan fingerprint density at radius 1 is 1.13 bits per heavy atom. The molecule has 0 aliphatic heterocycles. The first-order valence-electron chi connectivity index (χ1n) is 4.97. The molecule has 0 aliphatic carbocycles. The van der Waals surface area contributed by atoms with Crippen molar-refractivity contribution in [1.29, 1.82) is 0 Å². The first kappa shape index (κ1) is 9.78. The highest BCUT2D eigenvalue weighted by Gasteiger charge is 1.97. The minimum Gasteiger partial charge on any atom is -0.497 e. The number of hydrogen-bond donors (Lipinski definition) is 0. The summed E-state index contributed by atoms with van der Waals surface area (Å²) in [6.07, 6.45) is 0.901. The molecule has 1 heteroatoms. The van der Waals surface area contributed by atoms with Gasteiger partial charge in [-0.3, -0.25) is 0 Å². The second-order valence-corrected chi connectivity index (χ2v) is 3.42. The van der Waals surface area contributed by atoms with E-state index in [1.807, 2.05) is 24.3 Å². The molecule has 75 valence electrons. The van der Waals surface area contributed by atoms with Crippen LogP contribution in [0.25, 0.3) is 0 Å². The van der Waals surface area contributed by atoms with Crippen molar-refractivity contribution in [3.63, 3.8) is 0 Å². The molecule has 1 nitrogen and oxygen atoms in total. The normalized spacial score (nSPS) is 9.93. The van der Waals surface area contributed by atoms with Gasteiger partial charge in [-0.15, -0.1) is 0 Å². The van der Waals surface area contributed by atoms with Crippen LogP contribution in [-0.2, 0) is 6.42 Å². The van der Waals surface area contributed by atoms with E-state index in [1.54, 1.807) is 7.11 Å². The molecule has 0 aliphatic rings. The van der Waals surface area contributed by atoms with Crippen molar-refractivity contribution in [2.24, 2.45) is 0 Å². The maximum atomic E-state index is 5.17. The lowest BCUT2D eigenvalue weighted by Gasteiger charge is -2.03. The van der Waals surface area contributed by atoms with Crippen molar-refractivity contribution in [1.82, 2.24) is 0 Å². The van der Waals surface area contributed by atoms with E-state index in [0.29, 0.717) is 0 Å². The van der Waals surface area contributed by atoms with Crippen molar-refractivity contribution in [3.05, 3.63) is 65.7 Å². The molecule has 0 atom stereocenters. The maximum Gasteiger partial charge on any atom is 0.119 e. The molecule has 0 aromatic heterocycles. The zero-order chi connectivity index (χ0) is 10.5. The van der Waals surface area contributed by atoms with Crippen LogP contribution in [0.4, 0.5) is 0 Å². The standard InChI is InChI=1S/C14H13O/c1-15-14-9-5-8-13(11-14)10-12-6-3-2-4-7-12/h2-7,9,11H,10H2,1H3. The smallest absolute Gasteiger partial charge is 0.119 e. The Labute approximate surface area is 90.3 Å². The van der Waals surface area contributed by atoms with Crippen molar-refractivity contribution in [3.8, 4) is 5.75 Å². The summed E-state index contributed by atoms with van der Waals surface area (Å²) in [6, 6.07) is 19.4. The van der Waals surface area contributed by atoms with Gasteiger partial charge in [0.2, 0.25) is 0 Å². The highest BCUT2D eigenvalue weighted by Crippen LogP contribution is 2.15. The van der Waals surface area contributed by atoms with Crippen LogP contribution in [0.3, 0.4) is 0 Å². The number of hydrogen-bond acceptors (Lipinski definition) is 1. The highest BCUT2D eigenvalue weighted by atomic mass is 16.5. The molecule has 0 saturated carbocycles. The van der Waals surface area contributed by atoms with Gasteiger partial charge in [-0.1, -0.05) is 36.4 Å². The molecule has 2 rings (SSSR count). The quantitative estimate of drug-likeness (QED) is 0.734. The van der Waals surface area contributed by atoms with E-state index in [1.165, 1.54) is 5.56 Å². The largest absolute Gasteiger partial charge is 0.497 e. The van der Waals surface area contributed by atoms with Gasteiger partial charge in [0.1, 0.15) is 5.75 Å². The fourth-order valence-electron chi connectivity index (χ4n) is 1.54. The second-order valence-electron chi connectivity index (χ2n) is 3.42. The highest BCUT2D eigenvalue weighted by molar-refractivity contribution is 5.31. The SMILES string of the molecule is COc1cc[c]c(Cc2ccccc2)c1. The summed E-state index contributed by atoms with van der Waals surface area (Å²) in [6.45, 7) is 0. The number of rotatable bonds is 3. The van der Waals surface area contributed by atoms with E-state index in [9.17, 15) is 0 Å². The molecule has 1 radical (unpaired) electrons. The van der Waals surface area contributed by atoms with Gasteiger partial charge in [-0.05, 0) is 35.7 Å². The van der Waals surface area contributed by atoms with Crippen LogP contribution in [0.2, 0.25) is 0 Å². The molecule has 15 heavy (non-hydrogen) atoms. The van der Waals surface area contributed by atoms with Crippen LogP contribution in [0.15, 0.2) is 48.5 Å². The van der Waals surface area contributed by atoms with E-state index in [4.69, 9.17) is 4.74 Å². The van der Waals surface area contributed by atoms with Crippen LogP contribution < -0.4 is 4.74 Å². The van der Waals surface area contributed by atoms with Crippen molar-refractivity contribution in [2.75, 3.05) is 7.11 Å². The molecule has 2 aromatic carbocycles. The Balaban J connectivity index is 2.17. The van der Waals surface area contributed by atoms with Crippen LogP contribution in [0, 0.1) is 6.07 Å². The molecular formula is C14H13O. The zero-order valence-corrected chi connectivity index (χ0v) is 8.73. The fourth-order valence-corrected chi connectivity index (χ4v) is 1.54. The van der Waals surface area contributed by atoms with Crippen LogP contribution in [0.1, 0.15) is 11.1 Å². The minimum atomic E-state index is 0.889. The fraction of sp³-hybridized carbons (Fsp3) is 0.143. The summed E-state index contributed by atoms with van der Waals surface area (Å²) < 4.78 is 5.17. The summed E-state index contributed by atoms with van der Waals surface area (Å²) in [7, 11) is 1.68. The summed E-state index contributed by atoms with van der Waals surface area (Å²) >= 11 is 0. The summed E-state index contributed by atoms with van der Waals surface area (Å²) in [4.78, 5) is 0. The van der Waals surface area contributed by atoms with Gasteiger partial charge in [-0.2, -0.15) is 0 Å². The molecule has 0 saturated heterocycles. The lowest BCUT2D eigenvalue weighted by molar-refractivity contribution is 0.414. The predicted molar refractivity (Wildman–Crippen MR) is 61.1 cm³/mol. The molecule has 0 amide bonds. The van der Waals surface area contributed by atoms with E-state index >= 15 is 0 Å². The van der Waals surface area contributed by atoms with Crippen molar-refractivity contribution >= 4 is 0 Å². The Morgan fingerprint density at radius 2 is 1.93 bits per heavy atom. The Morgan fingerprint density at radius 3 is 2.67 bits per heavy atom. The molecule has 2 aromatic rings. The number of methoxy groups -OCH3 is 1. The van der Waals surface area contributed by atoms with Gasteiger partial charge in [-0.25, -0.2) is 0 Å². The lowest BCUT2D eigenvalue weighted by atomic mass is 10.1. The van der Waals surface area contributed by atoms with Gasteiger partial charge in [0.05, 0.1) is 7.11 Å². The van der Waals surface area contributed by atoms with Gasteiger partial charge in [0.25, 0.3) is 0 Å². The predicted octanol–water partition coefficient (Wildman–Crippen LogP) is 3.09. The number of benzene rings is 2. The van der Waals surface area contributed by atoms with Gasteiger partial charge in [0.15, 0.2) is 0 Å². The molecule has 0 heterocycles. The van der Waals surface area contributed by atoms with Crippen molar-refractivity contribution < 1.29 is 4.74 Å². The van der Waals surface area contributed by atoms with E-state index in [0.717, 1.165) is 17.7 Å². The second kappa shape index (κ2) is 4.65. The van der Waals surface area contributed by atoms with E-state index in [2.05, 4.69) is 30.3 Å². The topological polar surface area (TPSA) is 9.23 Å². The van der Waals surface area contributed by atoms with Gasteiger partial charge >= 0.3 is 0 Å². The maximum absolute atomic E-state index is 5.17. The minimum absolute atomic E-state index is 0.889. The Bertz CT molecular complexity index is 420. The zero-order valence-electron chi connectivity index (χ0n) is 8.73. The van der Waals surface area contributed by atoms with Crippen LogP contribution in [0.5, 0.6) is 5.75 Å². The molecule has 0 bridgehead atoms. The Hall–Kier alpha value is -1.76. The summed E-state index contributed by atoms with van der Waals surface area (Å²) in [5, 5.41) is 0. The molecule has 0 N–H and O–H groups in total. The van der Waals surface area contributed by atoms with Gasteiger partial charge in [0, 0.05) is 0 Å². The van der Waals surface area contributed by atoms with Crippen LogP contribution in [-0.4, -0.2) is 7.11 Å². The third-order valence-electron chi connectivity index (χ3n) is 2.31.